The summed E-state index contributed by atoms with van der Waals surface area (Å²) in [6.07, 6.45) is 0. The largest absolute Gasteiger partial charge is 0.454 e. The van der Waals surface area contributed by atoms with Crippen LogP contribution in [0.4, 0.5) is 0 Å². The van der Waals surface area contributed by atoms with Gasteiger partial charge in [0.15, 0.2) is 5.58 Å². The molecule has 3 nitrogen and oxygen atoms in total. The second-order valence-electron chi connectivity index (χ2n) is 12.2. The Labute approximate surface area is 271 Å². The van der Waals surface area contributed by atoms with Crippen molar-refractivity contribution in [3.8, 4) is 33.6 Å². The Kier molecular flexibility index (Phi) is 5.57. The Bertz CT molecular complexity index is 2770. The van der Waals surface area contributed by atoms with E-state index in [4.69, 9.17) is 4.42 Å². The summed E-state index contributed by atoms with van der Waals surface area (Å²) in [6, 6.07) is 60.7. The molecule has 3 heterocycles. The third kappa shape index (κ3) is 3.93. The minimum absolute atomic E-state index is 0.902. The molecule has 0 aliphatic rings. The van der Waals surface area contributed by atoms with Crippen molar-refractivity contribution in [1.82, 2.24) is 9.13 Å². The van der Waals surface area contributed by atoms with Crippen LogP contribution in [0.5, 0.6) is 0 Å². The summed E-state index contributed by atoms with van der Waals surface area (Å²) in [4.78, 5) is 0. The number of benzene rings is 7. The minimum Gasteiger partial charge on any atom is -0.454 e. The number of fused-ring (bicyclic) bond motifs is 8. The molecule has 0 saturated carbocycles. The first-order valence-electron chi connectivity index (χ1n) is 16.0. The van der Waals surface area contributed by atoms with Gasteiger partial charge >= 0.3 is 0 Å². The van der Waals surface area contributed by atoms with E-state index >= 15 is 0 Å². The lowest BCUT2D eigenvalue weighted by atomic mass is 9.99. The highest BCUT2D eigenvalue weighted by Gasteiger charge is 2.20. The second-order valence-corrected chi connectivity index (χ2v) is 12.2. The van der Waals surface area contributed by atoms with E-state index in [2.05, 4.69) is 173 Å². The molecule has 7 aromatic carbocycles. The number of rotatable bonds is 4. The molecule has 220 valence electrons. The summed E-state index contributed by atoms with van der Waals surface area (Å²) in [6.45, 7) is 0. The van der Waals surface area contributed by atoms with Gasteiger partial charge in [-0.05, 0) is 95.1 Å². The molecule has 0 fully saturated rings. The number of nitrogens with zero attached hydrogens (tertiary/aromatic N) is 2. The summed E-state index contributed by atoms with van der Waals surface area (Å²) in [7, 11) is 0. The Hall–Kier alpha value is -6.32. The van der Waals surface area contributed by atoms with Crippen LogP contribution in [-0.4, -0.2) is 9.13 Å². The molecule has 0 radical (unpaired) electrons. The van der Waals surface area contributed by atoms with E-state index in [9.17, 15) is 0 Å². The van der Waals surface area contributed by atoms with Crippen molar-refractivity contribution in [2.45, 2.75) is 0 Å². The van der Waals surface area contributed by atoms with Crippen LogP contribution in [0.3, 0.4) is 0 Å². The maximum absolute atomic E-state index is 6.57. The van der Waals surface area contributed by atoms with Gasteiger partial charge in [0.2, 0.25) is 0 Å². The van der Waals surface area contributed by atoms with Crippen molar-refractivity contribution in [3.05, 3.63) is 170 Å². The normalized spacial score (nSPS) is 11.8. The van der Waals surface area contributed by atoms with Gasteiger partial charge in [0.05, 0.1) is 16.6 Å². The fourth-order valence-corrected chi connectivity index (χ4v) is 7.36. The molecular weight excluding hydrogens is 572 g/mol. The van der Waals surface area contributed by atoms with Crippen molar-refractivity contribution in [3.63, 3.8) is 0 Å². The maximum Gasteiger partial charge on any atom is 0.161 e. The number of aromatic nitrogens is 2. The molecule has 0 N–H and O–H groups in total. The average Bonchev–Trinajstić information content (AvgIpc) is 3.79. The SMILES string of the molecule is c1ccc(-c2ccc3c(c2)c2cc(-c4ccc5c(c4)c4oc6ccccc6c4n5-c4ccccc4)ccc2n3-c2ccccc2)cc1. The zero-order valence-corrected chi connectivity index (χ0v) is 25.5. The lowest BCUT2D eigenvalue weighted by Crippen LogP contribution is -1.93. The van der Waals surface area contributed by atoms with E-state index in [-0.39, 0.29) is 0 Å². The van der Waals surface area contributed by atoms with Gasteiger partial charge in [-0.15, -0.1) is 0 Å². The summed E-state index contributed by atoms with van der Waals surface area (Å²) in [5.74, 6) is 0. The zero-order valence-electron chi connectivity index (χ0n) is 25.5. The molecule has 10 aromatic rings. The van der Waals surface area contributed by atoms with Gasteiger partial charge in [-0.2, -0.15) is 0 Å². The Morgan fingerprint density at radius 3 is 1.43 bits per heavy atom. The molecule has 3 aromatic heterocycles. The molecule has 10 rings (SSSR count). The number of hydrogen-bond acceptors (Lipinski definition) is 1. The van der Waals surface area contributed by atoms with Gasteiger partial charge in [0.25, 0.3) is 0 Å². The summed E-state index contributed by atoms with van der Waals surface area (Å²) in [5, 5.41) is 4.70. The fraction of sp³-hybridized carbons (Fsp3) is 0. The zero-order chi connectivity index (χ0) is 30.9. The molecule has 0 spiro atoms. The molecule has 0 saturated heterocycles. The van der Waals surface area contributed by atoms with Crippen LogP contribution in [0, 0.1) is 0 Å². The lowest BCUT2D eigenvalue weighted by Gasteiger charge is -2.09. The molecule has 0 bridgehead atoms. The average molecular weight is 601 g/mol. The second kappa shape index (κ2) is 10.1. The molecule has 3 heteroatoms. The van der Waals surface area contributed by atoms with Gasteiger partial charge in [-0.1, -0.05) is 97.1 Å². The van der Waals surface area contributed by atoms with Crippen molar-refractivity contribution in [2.75, 3.05) is 0 Å². The van der Waals surface area contributed by atoms with Crippen molar-refractivity contribution >= 4 is 54.8 Å². The molecule has 0 atom stereocenters. The van der Waals surface area contributed by atoms with Gasteiger partial charge in [-0.25, -0.2) is 0 Å². The minimum atomic E-state index is 0.902. The number of hydrogen-bond donors (Lipinski definition) is 0. The Balaban J connectivity index is 1.22. The van der Waals surface area contributed by atoms with Crippen molar-refractivity contribution < 1.29 is 4.42 Å². The summed E-state index contributed by atoms with van der Waals surface area (Å²) < 4.78 is 11.3. The molecule has 0 aliphatic heterocycles. The number of para-hydroxylation sites is 3. The molecule has 0 unspecified atom stereocenters. The van der Waals surface area contributed by atoms with Crippen LogP contribution < -0.4 is 0 Å². The van der Waals surface area contributed by atoms with Crippen LogP contribution in [0.25, 0.3) is 88.4 Å². The maximum atomic E-state index is 6.57. The van der Waals surface area contributed by atoms with Crippen LogP contribution in [0.15, 0.2) is 174 Å². The Morgan fingerprint density at radius 2 is 0.809 bits per heavy atom. The van der Waals surface area contributed by atoms with E-state index in [0.29, 0.717) is 0 Å². The fourth-order valence-electron chi connectivity index (χ4n) is 7.36. The van der Waals surface area contributed by atoms with Crippen molar-refractivity contribution in [2.24, 2.45) is 0 Å². The van der Waals surface area contributed by atoms with Crippen LogP contribution >= 0.6 is 0 Å². The standard InChI is InChI=1S/C44H28N2O/c1-4-12-29(13-5-1)30-20-23-39-36(26-30)37-27-31(21-24-40(37)45(39)33-14-6-2-7-15-33)32-22-25-41-38(28-32)44-43(35-18-10-11-19-42(35)47-44)46(41)34-16-8-3-9-17-34/h1-28H. The molecular formula is C44H28N2O. The van der Waals surface area contributed by atoms with E-state index in [1.54, 1.807) is 0 Å². The monoisotopic (exact) mass is 600 g/mol. The molecule has 47 heavy (non-hydrogen) atoms. The first kappa shape index (κ1) is 26.0. The van der Waals surface area contributed by atoms with Crippen LogP contribution in [0.2, 0.25) is 0 Å². The van der Waals surface area contributed by atoms with Gasteiger partial charge in [0, 0.05) is 32.9 Å². The first-order valence-corrected chi connectivity index (χ1v) is 16.0. The molecule has 0 amide bonds. The van der Waals surface area contributed by atoms with Gasteiger partial charge in [-0.3, -0.25) is 0 Å². The predicted octanol–water partition coefficient (Wildman–Crippen LogP) is 12.0. The van der Waals surface area contributed by atoms with Crippen LogP contribution in [-0.2, 0) is 0 Å². The lowest BCUT2D eigenvalue weighted by molar-refractivity contribution is 0.673. The number of furan rings is 1. The first-order chi connectivity index (χ1) is 23.3. The smallest absolute Gasteiger partial charge is 0.161 e. The third-order valence-electron chi connectivity index (χ3n) is 9.51. The van der Waals surface area contributed by atoms with E-state index in [1.165, 1.54) is 38.5 Å². The molecule has 0 aliphatic carbocycles. The Morgan fingerprint density at radius 1 is 0.340 bits per heavy atom. The highest BCUT2D eigenvalue weighted by atomic mass is 16.3. The summed E-state index contributed by atoms with van der Waals surface area (Å²) >= 11 is 0. The summed E-state index contributed by atoms with van der Waals surface area (Å²) in [5.41, 5.74) is 13.5. The third-order valence-corrected chi connectivity index (χ3v) is 9.51. The van der Waals surface area contributed by atoms with Gasteiger partial charge < -0.3 is 13.6 Å². The topological polar surface area (TPSA) is 23.0 Å². The van der Waals surface area contributed by atoms with Gasteiger partial charge in [0.1, 0.15) is 11.1 Å². The predicted molar refractivity (Wildman–Crippen MR) is 196 cm³/mol. The quantitative estimate of drug-likeness (QED) is 0.197. The highest BCUT2D eigenvalue weighted by molar-refractivity contribution is 6.17. The van der Waals surface area contributed by atoms with E-state index < -0.39 is 0 Å². The van der Waals surface area contributed by atoms with Crippen molar-refractivity contribution in [1.29, 1.82) is 0 Å². The van der Waals surface area contributed by atoms with Crippen LogP contribution in [0.1, 0.15) is 0 Å². The highest BCUT2D eigenvalue weighted by Crippen LogP contribution is 2.42. The van der Waals surface area contributed by atoms with E-state index in [1.807, 2.05) is 6.07 Å². The van der Waals surface area contributed by atoms with E-state index in [0.717, 1.165) is 49.9 Å².